The zero-order valence-corrected chi connectivity index (χ0v) is 16.9. The number of ether oxygens (including phenoxy) is 1. The van der Waals surface area contributed by atoms with Crippen LogP contribution in [0.5, 0.6) is 11.8 Å². The molecule has 3 heterocycles. The fourth-order valence-corrected chi connectivity index (χ4v) is 5.12. The van der Waals surface area contributed by atoms with Crippen molar-refractivity contribution >= 4 is 10.3 Å². The fourth-order valence-electron chi connectivity index (χ4n) is 4.54. The van der Waals surface area contributed by atoms with Gasteiger partial charge in [-0.1, -0.05) is 0 Å². The number of alkyl halides is 3. The second-order valence-corrected chi connectivity index (χ2v) is 8.97. The lowest BCUT2D eigenvalue weighted by molar-refractivity contribution is -0.137. The Labute approximate surface area is 174 Å². The lowest BCUT2D eigenvalue weighted by Gasteiger charge is -2.28. The van der Waals surface area contributed by atoms with E-state index in [1.54, 1.807) is 0 Å². The van der Waals surface area contributed by atoms with Crippen LogP contribution < -0.4 is 5.14 Å². The summed E-state index contributed by atoms with van der Waals surface area (Å²) in [7, 11) is -4.38. The van der Waals surface area contributed by atoms with Gasteiger partial charge < -0.3 is 14.9 Å². The third-order valence-electron chi connectivity index (χ3n) is 5.71. The molecule has 1 aromatic carbocycles. The van der Waals surface area contributed by atoms with Gasteiger partial charge in [-0.05, 0) is 32.0 Å². The van der Waals surface area contributed by atoms with Crippen molar-refractivity contribution in [3.05, 3.63) is 40.5 Å². The second kappa shape index (κ2) is 6.13. The predicted octanol–water partition coefficient (Wildman–Crippen LogP) is 2.23. The number of aromatic nitrogens is 1. The first-order chi connectivity index (χ1) is 14.1. The van der Waals surface area contributed by atoms with Gasteiger partial charge in [0, 0.05) is 6.42 Å². The van der Waals surface area contributed by atoms with Crippen LogP contribution in [0.2, 0.25) is 0 Å². The Kier molecular flexibility index (Phi) is 4.24. The molecule has 9 nitrogen and oxygen atoms in total. The Morgan fingerprint density at radius 3 is 2.45 bits per heavy atom. The van der Waals surface area contributed by atoms with Crippen LogP contribution in [0.15, 0.2) is 18.2 Å². The quantitative estimate of drug-likeness (QED) is 0.637. The minimum Gasteiger partial charge on any atom is -0.494 e. The number of nitrogens with two attached hydrogens (primary N) is 1. The minimum atomic E-state index is -4.85. The highest BCUT2D eigenvalue weighted by Crippen LogP contribution is 2.65. The number of fused-ring (bicyclic) bond motifs is 5. The van der Waals surface area contributed by atoms with Gasteiger partial charge in [-0.25, -0.2) is 5.14 Å². The number of aromatic hydroxyl groups is 2. The first-order valence-electron chi connectivity index (χ1n) is 8.83. The number of hydrogen-bond donors (Lipinski definition) is 3. The highest BCUT2D eigenvalue weighted by Gasteiger charge is 2.66. The molecule has 2 aromatic rings. The predicted molar refractivity (Wildman–Crippen MR) is 97.2 cm³/mol. The van der Waals surface area contributed by atoms with E-state index in [4.69, 9.17) is 19.3 Å². The topological polar surface area (TPSA) is 148 Å². The normalized spacial score (nSPS) is 27.3. The third-order valence-corrected chi connectivity index (χ3v) is 6.21. The Balaban J connectivity index is 1.92. The van der Waals surface area contributed by atoms with Crippen LogP contribution in [0.4, 0.5) is 13.2 Å². The first-order valence-corrected chi connectivity index (χ1v) is 10.3. The molecule has 2 bridgehead atoms. The standard InChI is InChI=1S/C18H16F3N3O6S/c1-16-6-11(29-31(23,27)28)17(2,30-16)13-12(16)14(25)24(15(13)26)9-4-3-8(7-22)10(5-9)18(19,20)21/h3-5,11,25-26H,6H2,1-2H3,(H2,23,27,28)/t11-,16?,17?/m1/s1. The van der Waals surface area contributed by atoms with Crippen molar-refractivity contribution in [2.45, 2.75) is 43.8 Å². The summed E-state index contributed by atoms with van der Waals surface area (Å²) in [4.78, 5) is 0. The van der Waals surface area contributed by atoms with Crippen LogP contribution in [-0.2, 0) is 36.6 Å². The zero-order valence-electron chi connectivity index (χ0n) is 16.1. The molecule has 0 aliphatic carbocycles. The maximum Gasteiger partial charge on any atom is 0.417 e. The molecule has 3 atom stereocenters. The van der Waals surface area contributed by atoms with Gasteiger partial charge in [0.25, 0.3) is 0 Å². The van der Waals surface area contributed by atoms with E-state index in [0.717, 1.165) is 16.7 Å². The lowest BCUT2D eigenvalue weighted by Crippen LogP contribution is -2.38. The lowest BCUT2D eigenvalue weighted by atomic mass is 9.78. The number of rotatable bonds is 3. The van der Waals surface area contributed by atoms with Crippen molar-refractivity contribution in [3.63, 3.8) is 0 Å². The SMILES string of the molecule is CC12C[C@@H](OS(N)(=O)=O)C(C)(O1)c1c2c(O)n(-c2ccc(C#N)c(C(F)(F)F)c2)c1O. The molecule has 2 aliphatic rings. The number of benzene rings is 1. The molecular weight excluding hydrogens is 443 g/mol. The van der Waals surface area contributed by atoms with Gasteiger partial charge in [0.1, 0.15) is 17.3 Å². The molecule has 0 amide bonds. The van der Waals surface area contributed by atoms with Crippen molar-refractivity contribution in [1.82, 2.24) is 4.57 Å². The van der Waals surface area contributed by atoms with Crippen molar-refractivity contribution < 1.29 is 40.7 Å². The molecule has 2 unspecified atom stereocenters. The highest BCUT2D eigenvalue weighted by molar-refractivity contribution is 7.84. The van der Waals surface area contributed by atoms with E-state index in [-0.39, 0.29) is 23.2 Å². The average Bonchev–Trinajstić information content (AvgIpc) is 3.13. The van der Waals surface area contributed by atoms with Crippen molar-refractivity contribution in [3.8, 4) is 23.5 Å². The molecule has 4 N–H and O–H groups in total. The second-order valence-electron chi connectivity index (χ2n) is 7.79. The summed E-state index contributed by atoms with van der Waals surface area (Å²) in [5.74, 6) is -1.23. The van der Waals surface area contributed by atoms with Gasteiger partial charge in [-0.3, -0.25) is 8.75 Å². The van der Waals surface area contributed by atoms with E-state index in [1.807, 2.05) is 0 Å². The average molecular weight is 459 g/mol. The van der Waals surface area contributed by atoms with Crippen LogP contribution >= 0.6 is 0 Å². The van der Waals surface area contributed by atoms with E-state index in [0.29, 0.717) is 6.07 Å². The smallest absolute Gasteiger partial charge is 0.417 e. The molecule has 0 saturated carbocycles. The molecule has 0 spiro atoms. The number of nitrogens with zero attached hydrogens (tertiary/aromatic N) is 2. The number of halogens is 3. The minimum absolute atomic E-state index is 0.0229. The van der Waals surface area contributed by atoms with Crippen molar-refractivity contribution in [1.29, 1.82) is 5.26 Å². The summed E-state index contributed by atoms with van der Waals surface area (Å²) in [6.45, 7) is 2.94. The van der Waals surface area contributed by atoms with E-state index >= 15 is 0 Å². The first kappa shape index (κ1) is 21.4. The van der Waals surface area contributed by atoms with Crippen LogP contribution in [0, 0.1) is 11.3 Å². The molecular formula is C18H16F3N3O6S. The summed E-state index contributed by atoms with van der Waals surface area (Å²) >= 11 is 0. The van der Waals surface area contributed by atoms with Gasteiger partial charge in [-0.2, -0.15) is 26.9 Å². The van der Waals surface area contributed by atoms with Crippen molar-refractivity contribution in [2.75, 3.05) is 0 Å². The van der Waals surface area contributed by atoms with E-state index in [1.165, 1.54) is 19.9 Å². The van der Waals surface area contributed by atoms with Crippen molar-refractivity contribution in [2.24, 2.45) is 5.14 Å². The van der Waals surface area contributed by atoms with E-state index in [9.17, 15) is 31.8 Å². The van der Waals surface area contributed by atoms with Crippen LogP contribution in [-0.4, -0.2) is 29.3 Å². The number of nitriles is 1. The molecule has 0 radical (unpaired) electrons. The fraction of sp³-hybridized carbons (Fsp3) is 0.389. The van der Waals surface area contributed by atoms with E-state index in [2.05, 4.69) is 0 Å². The molecule has 2 aliphatic heterocycles. The van der Waals surface area contributed by atoms with Gasteiger partial charge in [-0.15, -0.1) is 0 Å². The summed E-state index contributed by atoms with van der Waals surface area (Å²) in [5, 5.41) is 35.6. The molecule has 4 rings (SSSR count). The summed E-state index contributed by atoms with van der Waals surface area (Å²) in [5.41, 5.74) is -4.91. The van der Waals surface area contributed by atoms with Crippen LogP contribution in [0.1, 0.15) is 42.5 Å². The molecule has 1 aromatic heterocycles. The van der Waals surface area contributed by atoms with Gasteiger partial charge in [0.05, 0.1) is 34.0 Å². The Bertz CT molecular complexity index is 1270. The largest absolute Gasteiger partial charge is 0.494 e. The van der Waals surface area contributed by atoms with Gasteiger partial charge in [0.2, 0.25) is 11.8 Å². The van der Waals surface area contributed by atoms with Gasteiger partial charge in [0.15, 0.2) is 0 Å². The van der Waals surface area contributed by atoms with Crippen LogP contribution in [0.25, 0.3) is 5.69 Å². The third kappa shape index (κ3) is 2.98. The zero-order chi connectivity index (χ0) is 23.1. The Morgan fingerprint density at radius 2 is 1.90 bits per heavy atom. The molecule has 31 heavy (non-hydrogen) atoms. The molecule has 13 heteroatoms. The molecule has 1 fully saturated rings. The Morgan fingerprint density at radius 1 is 1.29 bits per heavy atom. The summed E-state index contributed by atoms with van der Waals surface area (Å²) < 4.78 is 74.5. The molecule has 166 valence electrons. The molecule has 1 saturated heterocycles. The summed E-state index contributed by atoms with van der Waals surface area (Å²) in [6, 6.07) is 4.13. The Hall–Kier alpha value is -2.79. The number of hydrogen-bond acceptors (Lipinski definition) is 7. The summed E-state index contributed by atoms with van der Waals surface area (Å²) in [6.07, 6.45) is -6.05. The highest BCUT2D eigenvalue weighted by atomic mass is 32.2. The monoisotopic (exact) mass is 459 g/mol. The maximum atomic E-state index is 13.4. The maximum absolute atomic E-state index is 13.4. The van der Waals surface area contributed by atoms with E-state index < -0.39 is 56.7 Å². The van der Waals surface area contributed by atoms with Gasteiger partial charge >= 0.3 is 16.5 Å². The van der Waals surface area contributed by atoms with Crippen LogP contribution in [0.3, 0.4) is 0 Å².